The molecule has 4 heterocycles. The number of hydrogen-bond acceptors (Lipinski definition) is 8. The van der Waals surface area contributed by atoms with E-state index in [2.05, 4.69) is 37.6 Å². The number of anilines is 3. The van der Waals surface area contributed by atoms with Crippen molar-refractivity contribution in [1.29, 1.82) is 0 Å². The highest BCUT2D eigenvalue weighted by Crippen LogP contribution is 2.34. The maximum Gasteiger partial charge on any atom is 0.247 e. The summed E-state index contributed by atoms with van der Waals surface area (Å²) in [6.07, 6.45) is 7.76. The lowest BCUT2D eigenvalue weighted by atomic mass is 9.99. The molecular formula is C25H34N8O2. The summed E-state index contributed by atoms with van der Waals surface area (Å²) in [4.78, 5) is 28.1. The van der Waals surface area contributed by atoms with Crippen molar-refractivity contribution >= 4 is 23.4 Å². The summed E-state index contributed by atoms with van der Waals surface area (Å²) in [6.45, 7) is 9.92. The van der Waals surface area contributed by atoms with Gasteiger partial charge in [-0.25, -0.2) is 9.97 Å². The summed E-state index contributed by atoms with van der Waals surface area (Å²) in [5, 5.41) is 10.7. The molecule has 1 aliphatic heterocycles. The van der Waals surface area contributed by atoms with Gasteiger partial charge in [-0.2, -0.15) is 10.1 Å². The second-order valence-electron chi connectivity index (χ2n) is 9.23. The molecule has 4 rings (SSSR count). The van der Waals surface area contributed by atoms with E-state index in [1.54, 1.807) is 0 Å². The molecule has 1 amide bonds. The van der Waals surface area contributed by atoms with Gasteiger partial charge in [-0.15, -0.1) is 0 Å². The molecule has 10 heteroatoms. The van der Waals surface area contributed by atoms with E-state index in [0.29, 0.717) is 37.2 Å². The maximum atomic E-state index is 12.5. The molecule has 0 aromatic carbocycles. The smallest absolute Gasteiger partial charge is 0.247 e. The van der Waals surface area contributed by atoms with Crippen molar-refractivity contribution in [3.63, 3.8) is 0 Å². The monoisotopic (exact) mass is 478 g/mol. The fraction of sp³-hybridized carbons (Fsp3) is 0.480. The average molecular weight is 479 g/mol. The van der Waals surface area contributed by atoms with E-state index in [4.69, 9.17) is 4.74 Å². The lowest BCUT2D eigenvalue weighted by Crippen LogP contribution is -2.49. The highest BCUT2D eigenvalue weighted by atomic mass is 16.5. The number of nitrogens with one attached hydrogen (secondary N) is 2. The van der Waals surface area contributed by atoms with Crippen molar-refractivity contribution in [2.75, 3.05) is 29.2 Å². The Kier molecular flexibility index (Phi) is 7.48. The molecule has 2 N–H and O–H groups in total. The lowest BCUT2D eigenvalue weighted by Gasteiger charge is -2.36. The van der Waals surface area contributed by atoms with Crippen LogP contribution in [0.1, 0.15) is 50.4 Å². The zero-order valence-corrected chi connectivity index (χ0v) is 21.1. The highest BCUT2D eigenvalue weighted by Gasteiger charge is 2.35. The van der Waals surface area contributed by atoms with Gasteiger partial charge in [0.15, 0.2) is 5.82 Å². The number of nitrogens with zero attached hydrogens (tertiary/aromatic N) is 6. The summed E-state index contributed by atoms with van der Waals surface area (Å²) < 4.78 is 7.50. The van der Waals surface area contributed by atoms with Gasteiger partial charge in [0.2, 0.25) is 17.7 Å². The Labute approximate surface area is 206 Å². The van der Waals surface area contributed by atoms with Crippen LogP contribution in [-0.4, -0.2) is 50.3 Å². The molecule has 0 saturated heterocycles. The number of carbonyl (C=O) groups is 1. The molecule has 0 aliphatic carbocycles. The minimum absolute atomic E-state index is 0.0244. The standard InChI is InChI=1S/C25H34N8O2/c1-6-7-10-35-20-9-8-18(11-26-20)14-33-15-19(13-28-33)12-27-25-29-17(4)21-23(31-25)32(5)22(16(2)3)24(34)30-21/h8-9,11,13,15-16,22H,6-7,10,12,14H2,1-5H3,(H,30,34)(H,27,29,31). The van der Waals surface area contributed by atoms with Crippen LogP contribution in [0.2, 0.25) is 0 Å². The molecule has 35 heavy (non-hydrogen) atoms. The van der Waals surface area contributed by atoms with Gasteiger partial charge in [-0.1, -0.05) is 33.3 Å². The van der Waals surface area contributed by atoms with Crippen molar-refractivity contribution in [1.82, 2.24) is 24.7 Å². The van der Waals surface area contributed by atoms with Gasteiger partial charge in [0.05, 0.1) is 25.0 Å². The summed E-state index contributed by atoms with van der Waals surface area (Å²) >= 11 is 0. The molecular weight excluding hydrogens is 444 g/mol. The molecule has 3 aromatic rings. The first kappa shape index (κ1) is 24.4. The second kappa shape index (κ2) is 10.7. The Morgan fingerprint density at radius 3 is 2.74 bits per heavy atom. The maximum absolute atomic E-state index is 12.5. The topological polar surface area (TPSA) is 110 Å². The number of aryl methyl sites for hydroxylation is 1. The van der Waals surface area contributed by atoms with Crippen molar-refractivity contribution < 1.29 is 9.53 Å². The number of fused-ring (bicyclic) bond motifs is 1. The number of pyridine rings is 1. The van der Waals surface area contributed by atoms with Crippen molar-refractivity contribution in [2.24, 2.45) is 5.92 Å². The Hall–Kier alpha value is -3.69. The number of unbranched alkanes of at least 4 members (excludes halogenated alkanes) is 1. The third kappa shape index (κ3) is 5.70. The number of rotatable bonds is 10. The number of carbonyl (C=O) groups excluding carboxylic acids is 1. The van der Waals surface area contributed by atoms with E-state index in [1.165, 1.54) is 0 Å². The normalized spacial score (nSPS) is 15.2. The molecule has 1 unspecified atom stereocenters. The van der Waals surface area contributed by atoms with Crippen LogP contribution in [0.4, 0.5) is 17.5 Å². The Bertz CT molecular complexity index is 1160. The molecule has 0 radical (unpaired) electrons. The predicted octanol–water partition coefficient (Wildman–Crippen LogP) is 3.63. The Balaban J connectivity index is 1.38. The van der Waals surface area contributed by atoms with Crippen LogP contribution in [0.25, 0.3) is 0 Å². The van der Waals surface area contributed by atoms with Gasteiger partial charge in [-0.05, 0) is 24.8 Å². The molecule has 3 aromatic heterocycles. The van der Waals surface area contributed by atoms with Crippen LogP contribution in [-0.2, 0) is 17.9 Å². The van der Waals surface area contributed by atoms with E-state index in [0.717, 1.165) is 35.5 Å². The number of aromatic nitrogens is 5. The van der Waals surface area contributed by atoms with E-state index >= 15 is 0 Å². The highest BCUT2D eigenvalue weighted by molar-refractivity contribution is 6.03. The molecule has 0 saturated carbocycles. The van der Waals surface area contributed by atoms with Crippen LogP contribution in [0, 0.1) is 12.8 Å². The van der Waals surface area contributed by atoms with Gasteiger partial charge in [0, 0.05) is 37.6 Å². The van der Waals surface area contributed by atoms with Crippen molar-refractivity contribution in [3.05, 3.63) is 47.5 Å². The summed E-state index contributed by atoms with van der Waals surface area (Å²) in [5.41, 5.74) is 3.46. The minimum atomic E-state index is -0.269. The summed E-state index contributed by atoms with van der Waals surface area (Å²) in [6, 6.07) is 3.64. The first-order valence-corrected chi connectivity index (χ1v) is 12.1. The van der Waals surface area contributed by atoms with E-state index in [-0.39, 0.29) is 17.9 Å². The molecule has 1 atom stereocenters. The SMILES string of the molecule is CCCCOc1ccc(Cn2cc(CNc3nc(C)c4c(n3)N(C)C(C(C)C)C(=O)N4)cn2)cn1. The van der Waals surface area contributed by atoms with Gasteiger partial charge in [-0.3, -0.25) is 9.48 Å². The zero-order chi connectivity index (χ0) is 24.9. The number of ether oxygens (including phenoxy) is 1. The molecule has 0 spiro atoms. The molecule has 0 bridgehead atoms. The van der Waals surface area contributed by atoms with E-state index in [1.807, 2.05) is 68.1 Å². The van der Waals surface area contributed by atoms with E-state index < -0.39 is 0 Å². The minimum Gasteiger partial charge on any atom is -0.478 e. The van der Waals surface area contributed by atoms with E-state index in [9.17, 15) is 4.79 Å². The lowest BCUT2D eigenvalue weighted by molar-refractivity contribution is -0.118. The first-order valence-electron chi connectivity index (χ1n) is 12.1. The van der Waals surface area contributed by atoms with Crippen LogP contribution < -0.4 is 20.3 Å². The second-order valence-corrected chi connectivity index (χ2v) is 9.23. The largest absolute Gasteiger partial charge is 0.478 e. The molecule has 1 aliphatic rings. The summed E-state index contributed by atoms with van der Waals surface area (Å²) in [7, 11) is 1.90. The van der Waals surface area contributed by atoms with Crippen LogP contribution in [0.3, 0.4) is 0 Å². The first-order chi connectivity index (χ1) is 16.9. The Morgan fingerprint density at radius 2 is 2.03 bits per heavy atom. The van der Waals surface area contributed by atoms with Gasteiger partial charge >= 0.3 is 0 Å². The van der Waals surface area contributed by atoms with Crippen LogP contribution in [0.5, 0.6) is 5.88 Å². The fourth-order valence-corrected chi connectivity index (χ4v) is 4.16. The molecule has 0 fully saturated rings. The van der Waals surface area contributed by atoms with Gasteiger partial charge in [0.25, 0.3) is 0 Å². The third-order valence-corrected chi connectivity index (χ3v) is 6.00. The van der Waals surface area contributed by atoms with Gasteiger partial charge in [0.1, 0.15) is 11.7 Å². The molecule has 10 nitrogen and oxygen atoms in total. The number of amides is 1. The van der Waals surface area contributed by atoms with Crippen molar-refractivity contribution in [3.8, 4) is 5.88 Å². The van der Waals surface area contributed by atoms with Gasteiger partial charge < -0.3 is 20.3 Å². The Morgan fingerprint density at radius 1 is 1.20 bits per heavy atom. The number of likely N-dealkylation sites (N-methyl/N-ethyl adjacent to an activating group) is 1. The summed E-state index contributed by atoms with van der Waals surface area (Å²) in [5.74, 6) is 2.03. The zero-order valence-electron chi connectivity index (χ0n) is 21.1. The van der Waals surface area contributed by atoms with Crippen molar-refractivity contribution in [2.45, 2.75) is 59.7 Å². The average Bonchev–Trinajstić information content (AvgIpc) is 3.27. The third-order valence-electron chi connectivity index (χ3n) is 6.00. The predicted molar refractivity (Wildman–Crippen MR) is 136 cm³/mol. The fourth-order valence-electron chi connectivity index (χ4n) is 4.16. The quantitative estimate of drug-likeness (QED) is 0.425. The van der Waals surface area contributed by atoms with Crippen LogP contribution in [0.15, 0.2) is 30.7 Å². The molecule has 186 valence electrons. The number of hydrogen-bond donors (Lipinski definition) is 2. The van der Waals surface area contributed by atoms with Crippen LogP contribution >= 0.6 is 0 Å².